The van der Waals surface area contributed by atoms with Crippen LogP contribution in [0.4, 0.5) is 8.78 Å². The van der Waals surface area contributed by atoms with Crippen LogP contribution in [0.1, 0.15) is 54.0 Å². The first-order chi connectivity index (χ1) is 20.2. The summed E-state index contributed by atoms with van der Waals surface area (Å²) in [6.45, 7) is 0. The summed E-state index contributed by atoms with van der Waals surface area (Å²) in [7, 11) is -1.13. The van der Waals surface area contributed by atoms with E-state index in [0.29, 0.717) is 41.2 Å². The number of nitrogens with zero attached hydrogens (tertiary/aromatic N) is 8. The Hall–Kier alpha value is -4.10. The van der Waals surface area contributed by atoms with Gasteiger partial charge < -0.3 is 0 Å². The Morgan fingerprint density at radius 1 is 1.14 bits per heavy atom. The lowest BCUT2D eigenvalue weighted by Gasteiger charge is -2.47. The van der Waals surface area contributed by atoms with E-state index in [1.807, 2.05) is 10.4 Å². The number of hydrogen-bond donors (Lipinski definition) is 0. The fraction of sp³-hybridized carbons (Fsp3) is 0.345. The summed E-state index contributed by atoms with van der Waals surface area (Å²) < 4.78 is 47.4. The Labute approximate surface area is 241 Å². The third kappa shape index (κ3) is 4.38. The van der Waals surface area contributed by atoms with Gasteiger partial charge in [0.2, 0.25) is 5.95 Å². The quantitative estimate of drug-likeness (QED) is 0.184. The number of aryl methyl sites for hydroxylation is 1. The van der Waals surface area contributed by atoms with Crippen LogP contribution in [-0.4, -0.2) is 67.0 Å². The number of aromatic nitrogens is 7. The van der Waals surface area contributed by atoms with Crippen molar-refractivity contribution < 1.29 is 17.8 Å². The molecule has 2 saturated carbocycles. The molecule has 7 rings (SSSR count). The van der Waals surface area contributed by atoms with E-state index in [2.05, 4.69) is 31.2 Å². The minimum absolute atomic E-state index is 0.0284. The van der Waals surface area contributed by atoms with Crippen LogP contribution in [0.15, 0.2) is 59.5 Å². The van der Waals surface area contributed by atoms with Gasteiger partial charge in [-0.05, 0) is 62.2 Å². The number of fused-ring (bicyclic) bond motifs is 2. The van der Waals surface area contributed by atoms with Crippen molar-refractivity contribution in [2.24, 2.45) is 12.5 Å². The molecule has 0 aromatic carbocycles. The van der Waals surface area contributed by atoms with E-state index in [-0.39, 0.29) is 30.0 Å². The van der Waals surface area contributed by atoms with Crippen molar-refractivity contribution in [1.29, 1.82) is 0 Å². The molecule has 4 aromatic heterocycles. The number of halogens is 2. The van der Waals surface area contributed by atoms with Crippen molar-refractivity contribution in [2.75, 3.05) is 0 Å². The molecule has 1 unspecified atom stereocenters. The topological polar surface area (TPSA) is 112 Å². The lowest BCUT2D eigenvalue weighted by atomic mass is 9.61. The molecule has 2 fully saturated rings. The summed E-state index contributed by atoms with van der Waals surface area (Å²) in [5.41, 5.74) is 1.58. The number of carbonyl (C=O) groups is 1. The number of carbonyl (C=O) groups excluding carboxylic acids is 1. The predicted octanol–water partition coefficient (Wildman–Crippen LogP) is 3.59. The van der Waals surface area contributed by atoms with Gasteiger partial charge in [0.15, 0.2) is 5.78 Å². The molecule has 13 heteroatoms. The van der Waals surface area contributed by atoms with E-state index in [1.54, 1.807) is 34.9 Å². The van der Waals surface area contributed by atoms with Gasteiger partial charge >= 0.3 is 0 Å². The molecule has 0 N–H and O–H groups in total. The fourth-order valence-corrected chi connectivity index (χ4v) is 8.55. The van der Waals surface area contributed by atoms with Gasteiger partial charge in [-0.2, -0.15) is 9.49 Å². The highest BCUT2D eigenvalue weighted by molar-refractivity contribution is 7.98. The standard InChI is InChI=1S/C29H28F2N8O2S/c1-37-17-23(16-34-37)42(2,41)39(20-5-6-20)21-4-3-18-11-26-25(35-36-38(26)22-7-8-27(31)33-15-22)14-29(18,13-21)28(40)24-12-19(30)9-10-32-24/h7-12,15-17,20-21H,2-6,13-14H2,1H3/t21-,29+,42?/m0/s1. The second-order valence-electron chi connectivity index (χ2n) is 11.3. The second-order valence-corrected chi connectivity index (χ2v) is 13.4. The van der Waals surface area contributed by atoms with Crippen molar-refractivity contribution in [2.45, 2.75) is 55.5 Å². The molecule has 10 nitrogen and oxygen atoms in total. The number of rotatable bonds is 7. The highest BCUT2D eigenvalue weighted by Gasteiger charge is 2.53. The van der Waals surface area contributed by atoms with Gasteiger partial charge in [0.1, 0.15) is 11.5 Å². The van der Waals surface area contributed by atoms with Gasteiger partial charge in [0.25, 0.3) is 0 Å². The Bertz CT molecular complexity index is 1840. The number of allylic oxidation sites excluding steroid dienone is 1. The Balaban J connectivity index is 1.32. The molecule has 42 heavy (non-hydrogen) atoms. The Kier molecular flexibility index (Phi) is 6.21. The van der Waals surface area contributed by atoms with Crippen LogP contribution in [0, 0.1) is 17.2 Å². The number of Topliss-reactive ketones (excluding diaryl/α,β-unsaturated/α-hetero) is 1. The molecule has 4 aromatic rings. The van der Waals surface area contributed by atoms with Crippen molar-refractivity contribution in [3.63, 3.8) is 0 Å². The van der Waals surface area contributed by atoms with E-state index in [4.69, 9.17) is 0 Å². The smallest absolute Gasteiger partial charge is 0.212 e. The van der Waals surface area contributed by atoms with Gasteiger partial charge in [-0.15, -0.1) is 5.10 Å². The average molecular weight is 591 g/mol. The highest BCUT2D eigenvalue weighted by atomic mass is 32.2. The molecule has 0 radical (unpaired) electrons. The van der Waals surface area contributed by atoms with Gasteiger partial charge in [0, 0.05) is 44.0 Å². The van der Waals surface area contributed by atoms with Gasteiger partial charge in [-0.1, -0.05) is 10.8 Å². The first-order valence-corrected chi connectivity index (χ1v) is 15.4. The van der Waals surface area contributed by atoms with E-state index in [9.17, 15) is 17.8 Å². The lowest BCUT2D eigenvalue weighted by molar-refractivity contribution is 0.0734. The maximum Gasteiger partial charge on any atom is 0.212 e. The van der Waals surface area contributed by atoms with Crippen LogP contribution in [0.3, 0.4) is 0 Å². The number of pyridine rings is 2. The predicted molar refractivity (Wildman–Crippen MR) is 151 cm³/mol. The Morgan fingerprint density at radius 3 is 2.67 bits per heavy atom. The van der Waals surface area contributed by atoms with Crippen LogP contribution in [-0.2, 0) is 23.2 Å². The van der Waals surface area contributed by atoms with E-state index >= 15 is 0 Å². The third-order valence-electron chi connectivity index (χ3n) is 8.51. The maximum absolute atomic E-state index is 14.4. The minimum Gasteiger partial charge on any atom is -0.291 e. The SMILES string of the molecule is C=S(=O)(c1cnn(C)c1)N(C1CC1)[C@H]1CCC2=Cc3c(nnn3-c3ccc(F)nc3)C[C@]2(C(=O)c2cc(F)ccn2)C1. The molecule has 0 spiro atoms. The summed E-state index contributed by atoms with van der Waals surface area (Å²) in [6.07, 6.45) is 11.4. The minimum atomic E-state index is -2.90. The summed E-state index contributed by atoms with van der Waals surface area (Å²) in [5.74, 6) is 2.72. The lowest BCUT2D eigenvalue weighted by Crippen LogP contribution is -2.51. The molecule has 216 valence electrons. The summed E-state index contributed by atoms with van der Waals surface area (Å²) >= 11 is 0. The number of hydrogen-bond acceptors (Lipinski definition) is 7. The molecular weight excluding hydrogens is 562 g/mol. The zero-order chi connectivity index (χ0) is 29.2. The number of ketones is 1. The van der Waals surface area contributed by atoms with E-state index in [1.165, 1.54) is 24.5 Å². The van der Waals surface area contributed by atoms with Crippen molar-refractivity contribution in [3.05, 3.63) is 83.5 Å². The van der Waals surface area contributed by atoms with Crippen molar-refractivity contribution >= 4 is 27.4 Å². The zero-order valence-corrected chi connectivity index (χ0v) is 23.7. The second kappa shape index (κ2) is 9.73. The molecule has 3 aliphatic carbocycles. The summed E-state index contributed by atoms with van der Waals surface area (Å²) in [6, 6.07) is 5.02. The van der Waals surface area contributed by atoms with Gasteiger partial charge in [0.05, 0.1) is 49.5 Å². The molecule has 0 amide bonds. The van der Waals surface area contributed by atoms with E-state index < -0.39 is 26.9 Å². The largest absolute Gasteiger partial charge is 0.291 e. The Morgan fingerprint density at radius 2 is 1.98 bits per heavy atom. The van der Waals surface area contributed by atoms with Gasteiger partial charge in [-0.25, -0.2) is 22.6 Å². The molecule has 0 aliphatic heterocycles. The first-order valence-electron chi connectivity index (χ1n) is 13.7. The third-order valence-corrected chi connectivity index (χ3v) is 10.7. The van der Waals surface area contributed by atoms with Crippen LogP contribution >= 0.6 is 0 Å². The maximum atomic E-state index is 14.4. The monoisotopic (exact) mass is 590 g/mol. The molecule has 0 saturated heterocycles. The van der Waals surface area contributed by atoms with Crippen molar-refractivity contribution in [1.82, 2.24) is 39.0 Å². The summed E-state index contributed by atoms with van der Waals surface area (Å²) in [5, 5.41) is 12.9. The molecular formula is C29H28F2N8O2S. The van der Waals surface area contributed by atoms with Crippen molar-refractivity contribution in [3.8, 4) is 5.69 Å². The summed E-state index contributed by atoms with van der Waals surface area (Å²) in [4.78, 5) is 22.9. The average Bonchev–Trinajstić information content (AvgIpc) is 3.55. The highest BCUT2D eigenvalue weighted by Crippen LogP contribution is 2.52. The first kappa shape index (κ1) is 26.8. The molecule has 3 atom stereocenters. The van der Waals surface area contributed by atoms with Crippen LogP contribution in [0.25, 0.3) is 11.8 Å². The van der Waals surface area contributed by atoms with Crippen LogP contribution in [0.5, 0.6) is 0 Å². The van der Waals surface area contributed by atoms with Gasteiger partial charge in [-0.3, -0.25) is 14.5 Å². The molecule has 3 aliphatic rings. The fourth-order valence-electron chi connectivity index (χ4n) is 6.42. The van der Waals surface area contributed by atoms with Crippen LogP contribution in [0.2, 0.25) is 0 Å². The normalized spacial score (nSPS) is 23.1. The zero-order valence-electron chi connectivity index (χ0n) is 22.9. The molecule has 0 bridgehead atoms. The van der Waals surface area contributed by atoms with Crippen LogP contribution < -0.4 is 0 Å². The van der Waals surface area contributed by atoms with E-state index in [0.717, 1.165) is 24.5 Å². The molecule has 4 heterocycles.